The molecule has 4 N–H and O–H groups in total. The maximum Gasteiger partial charge on any atom is 0.169 e. The van der Waals surface area contributed by atoms with Crippen molar-refractivity contribution in [2.45, 2.75) is 18.4 Å². The number of hydrogen-bond donors (Lipinski definition) is 3. The van der Waals surface area contributed by atoms with Crippen molar-refractivity contribution in [3.8, 4) is 17.0 Å². The van der Waals surface area contributed by atoms with E-state index in [0.29, 0.717) is 17.1 Å². The van der Waals surface area contributed by atoms with Crippen molar-refractivity contribution in [1.29, 1.82) is 0 Å². The maximum absolute atomic E-state index is 10.1. The van der Waals surface area contributed by atoms with E-state index in [4.69, 9.17) is 8.80 Å². The van der Waals surface area contributed by atoms with Gasteiger partial charge in [0.05, 0.1) is 17.0 Å². The highest BCUT2D eigenvalue weighted by Crippen LogP contribution is 2.35. The number of para-hydroxylation sites is 1. The molecule has 134 valence electrons. The van der Waals surface area contributed by atoms with E-state index in [0.717, 1.165) is 38.2 Å². The lowest BCUT2D eigenvalue weighted by Gasteiger charge is -2.40. The summed E-state index contributed by atoms with van der Waals surface area (Å²) in [5.41, 5.74) is 8.01. The average molecular weight is 567 g/mol. The first-order valence-corrected chi connectivity index (χ1v) is 9.84. The molecule has 0 spiro atoms. The van der Waals surface area contributed by atoms with Crippen LogP contribution < -0.4 is 14.2 Å². The molecule has 0 atom stereocenters. The second kappa shape index (κ2) is 8.18. The monoisotopic (exact) mass is 567 g/mol. The highest BCUT2D eigenvalue weighted by atomic mass is 127. The van der Waals surface area contributed by atoms with Crippen molar-refractivity contribution in [3.05, 3.63) is 30.3 Å². The first-order chi connectivity index (χ1) is 12.1. The number of aromatic nitrogens is 2. The number of aromatic hydroxyl groups is 1. The normalized spacial score (nSPS) is 16.8. The van der Waals surface area contributed by atoms with E-state index in [1.54, 1.807) is 12.1 Å². The fourth-order valence-electron chi connectivity index (χ4n) is 3.02. The Kier molecular flexibility index (Phi) is 6.17. The minimum atomic E-state index is -0.159. The lowest BCUT2D eigenvalue weighted by atomic mass is 9.91. The molecule has 2 heterocycles. The number of nitrogens with zero attached hydrogens (tertiary/aromatic N) is 3. The molecule has 25 heavy (non-hydrogen) atoms. The van der Waals surface area contributed by atoms with Crippen LogP contribution in [-0.2, 0) is 3.07 Å². The molecule has 0 saturated carbocycles. The third-order valence-corrected chi connectivity index (χ3v) is 5.86. The fourth-order valence-corrected chi connectivity index (χ4v) is 4.32. The van der Waals surface area contributed by atoms with E-state index in [-0.39, 0.29) is 11.4 Å². The summed E-state index contributed by atoms with van der Waals surface area (Å²) in [6.45, 7) is 2.44. The molecule has 0 aliphatic carbocycles. The number of nitrogens with one attached hydrogen (secondary N) is 1. The van der Waals surface area contributed by atoms with Crippen LogP contribution in [-0.4, -0.2) is 40.5 Å². The molecule has 0 unspecified atom stereocenters. The largest absolute Gasteiger partial charge is 0.507 e. The summed E-state index contributed by atoms with van der Waals surface area (Å²) in [6, 6.07) is 8.98. The standard InChI is InChI=1S/C16H19I2N5O2/c17-20-10-16(25-18)5-7-23(8-6-16)13-9-12(21-22-15(13)19)11-3-1-2-4-14(11)24/h1-4,9,20,24H,5-8,10H2,(H2,19,22). The zero-order valence-electron chi connectivity index (χ0n) is 13.5. The number of rotatable bonds is 5. The Labute approximate surface area is 174 Å². The summed E-state index contributed by atoms with van der Waals surface area (Å²) in [7, 11) is 0. The zero-order valence-corrected chi connectivity index (χ0v) is 17.8. The van der Waals surface area contributed by atoms with Gasteiger partial charge in [-0.05, 0) is 31.0 Å². The first kappa shape index (κ1) is 18.9. The molecule has 1 saturated heterocycles. The van der Waals surface area contributed by atoms with Crippen LogP contribution in [0.25, 0.3) is 11.3 Å². The minimum Gasteiger partial charge on any atom is -0.507 e. The Morgan fingerprint density at radius 2 is 2.00 bits per heavy atom. The van der Waals surface area contributed by atoms with Crippen LogP contribution in [0.3, 0.4) is 0 Å². The van der Waals surface area contributed by atoms with Crippen LogP contribution in [0.1, 0.15) is 12.8 Å². The fraction of sp³-hybridized carbons (Fsp3) is 0.375. The molecule has 0 bridgehead atoms. The van der Waals surface area contributed by atoms with Gasteiger partial charge in [0.1, 0.15) is 28.8 Å². The molecule has 1 aromatic carbocycles. The van der Waals surface area contributed by atoms with E-state index >= 15 is 0 Å². The van der Waals surface area contributed by atoms with Gasteiger partial charge in [0, 0.05) is 48.1 Å². The Bertz CT molecular complexity index is 738. The molecule has 3 rings (SSSR count). The van der Waals surface area contributed by atoms with Gasteiger partial charge >= 0.3 is 0 Å². The van der Waals surface area contributed by atoms with Crippen molar-refractivity contribution in [2.24, 2.45) is 0 Å². The zero-order chi connectivity index (χ0) is 17.9. The number of anilines is 2. The van der Waals surface area contributed by atoms with Crippen LogP contribution in [0.15, 0.2) is 30.3 Å². The van der Waals surface area contributed by atoms with Gasteiger partial charge in [0.15, 0.2) is 5.82 Å². The molecule has 9 heteroatoms. The molecule has 1 aromatic heterocycles. The van der Waals surface area contributed by atoms with Crippen molar-refractivity contribution in [1.82, 2.24) is 13.7 Å². The highest BCUT2D eigenvalue weighted by Gasteiger charge is 2.35. The number of phenolic OH excluding ortho intramolecular Hbond substituents is 1. The molecule has 0 radical (unpaired) electrons. The topological polar surface area (TPSA) is 96.5 Å². The van der Waals surface area contributed by atoms with Crippen molar-refractivity contribution in [2.75, 3.05) is 30.3 Å². The number of nitrogens with two attached hydrogens (primary N) is 1. The van der Waals surface area contributed by atoms with Gasteiger partial charge in [-0.2, -0.15) is 0 Å². The molecule has 7 nitrogen and oxygen atoms in total. The van der Waals surface area contributed by atoms with Crippen molar-refractivity contribution < 1.29 is 8.17 Å². The van der Waals surface area contributed by atoms with E-state index in [2.05, 4.69) is 41.5 Å². The van der Waals surface area contributed by atoms with E-state index < -0.39 is 0 Å². The Hall–Kier alpha value is -0.920. The summed E-state index contributed by atoms with van der Waals surface area (Å²) in [5.74, 6) is 0.575. The highest BCUT2D eigenvalue weighted by molar-refractivity contribution is 14.1. The predicted molar refractivity (Wildman–Crippen MR) is 115 cm³/mol. The number of nitrogen functional groups attached to an aromatic ring is 1. The van der Waals surface area contributed by atoms with E-state index in [1.165, 1.54) is 0 Å². The van der Waals surface area contributed by atoms with Crippen molar-refractivity contribution >= 4 is 57.4 Å². The van der Waals surface area contributed by atoms with Crippen LogP contribution in [0.4, 0.5) is 11.5 Å². The second-order valence-corrected chi connectivity index (χ2v) is 7.28. The number of hydrogen-bond acceptors (Lipinski definition) is 7. The lowest BCUT2D eigenvalue weighted by Crippen LogP contribution is -2.49. The Morgan fingerprint density at radius 1 is 1.28 bits per heavy atom. The van der Waals surface area contributed by atoms with E-state index in [9.17, 15) is 5.11 Å². The summed E-state index contributed by atoms with van der Waals surface area (Å²) in [5, 5.41) is 18.3. The molecule has 2 aromatic rings. The maximum atomic E-state index is 10.1. The molecule has 1 fully saturated rings. The quantitative estimate of drug-likeness (QED) is 0.378. The molecule has 1 aliphatic rings. The molecular formula is C16H19I2N5O2. The lowest BCUT2D eigenvalue weighted by molar-refractivity contribution is 0.0996. The number of phenols is 1. The molecular weight excluding hydrogens is 548 g/mol. The van der Waals surface area contributed by atoms with Crippen LogP contribution >= 0.6 is 45.9 Å². The summed E-state index contributed by atoms with van der Waals surface area (Å²) < 4.78 is 8.91. The van der Waals surface area contributed by atoms with Crippen LogP contribution in [0.5, 0.6) is 5.75 Å². The van der Waals surface area contributed by atoms with Gasteiger partial charge in [-0.3, -0.25) is 3.53 Å². The first-order valence-electron chi connectivity index (χ1n) is 7.88. The summed E-state index contributed by atoms with van der Waals surface area (Å²) in [4.78, 5) is 2.20. The SMILES string of the molecule is Nc1nnc(-c2ccccc2O)cc1N1CCC(CNI)(OI)CC1. The summed E-state index contributed by atoms with van der Waals surface area (Å²) >= 11 is 4.14. The van der Waals surface area contributed by atoms with Crippen LogP contribution in [0.2, 0.25) is 0 Å². The van der Waals surface area contributed by atoms with Gasteiger partial charge in [-0.15, -0.1) is 10.2 Å². The second-order valence-electron chi connectivity index (χ2n) is 6.07. The summed E-state index contributed by atoms with van der Waals surface area (Å²) in [6.07, 6.45) is 1.78. The van der Waals surface area contributed by atoms with E-state index in [1.807, 2.05) is 41.2 Å². The van der Waals surface area contributed by atoms with Gasteiger partial charge < -0.3 is 18.8 Å². The number of piperidine rings is 1. The van der Waals surface area contributed by atoms with Gasteiger partial charge in [0.2, 0.25) is 0 Å². The number of benzene rings is 1. The van der Waals surface area contributed by atoms with Gasteiger partial charge in [-0.1, -0.05) is 12.1 Å². The predicted octanol–water partition coefficient (Wildman–Crippen LogP) is 3.08. The third-order valence-electron chi connectivity index (χ3n) is 4.55. The number of halogens is 2. The van der Waals surface area contributed by atoms with Gasteiger partial charge in [0.25, 0.3) is 0 Å². The Balaban J connectivity index is 1.84. The average Bonchev–Trinajstić information content (AvgIpc) is 2.64. The van der Waals surface area contributed by atoms with Gasteiger partial charge in [-0.25, -0.2) is 0 Å². The molecule has 0 amide bonds. The molecule has 1 aliphatic heterocycles. The van der Waals surface area contributed by atoms with Crippen LogP contribution in [0, 0.1) is 0 Å². The minimum absolute atomic E-state index is 0.159. The third kappa shape index (κ3) is 4.09. The smallest absolute Gasteiger partial charge is 0.169 e. The Morgan fingerprint density at radius 3 is 2.64 bits per heavy atom. The van der Waals surface area contributed by atoms with Crippen molar-refractivity contribution in [3.63, 3.8) is 0 Å².